The zero-order valence-corrected chi connectivity index (χ0v) is 14.1. The lowest BCUT2D eigenvalue weighted by Gasteiger charge is -2.36. The van der Waals surface area contributed by atoms with Crippen molar-refractivity contribution in [3.05, 3.63) is 0 Å². The molecule has 116 valence electrons. The van der Waals surface area contributed by atoms with Gasteiger partial charge in [-0.2, -0.15) is 0 Å². The van der Waals surface area contributed by atoms with E-state index in [0.29, 0.717) is 12.5 Å². The van der Waals surface area contributed by atoms with Gasteiger partial charge >= 0.3 is 0 Å². The number of hydrogen-bond donors (Lipinski definition) is 2. The van der Waals surface area contributed by atoms with Gasteiger partial charge in [0.2, 0.25) is 5.91 Å². The van der Waals surface area contributed by atoms with Gasteiger partial charge in [-0.25, -0.2) is 0 Å². The van der Waals surface area contributed by atoms with Crippen LogP contribution in [-0.2, 0) is 4.79 Å². The van der Waals surface area contributed by atoms with Crippen LogP contribution in [-0.4, -0.2) is 43.0 Å². The van der Waals surface area contributed by atoms with Crippen LogP contribution >= 0.6 is 24.8 Å². The first-order valence-corrected chi connectivity index (χ1v) is 6.59. The Labute approximate surface area is 129 Å². The Kier molecular flexibility index (Phi) is 10.1. The molecule has 1 amide bonds. The van der Waals surface area contributed by atoms with Gasteiger partial charge in [-0.3, -0.25) is 4.79 Å². The molecule has 0 aromatic carbocycles. The Hall–Kier alpha value is -0.0300. The first-order valence-electron chi connectivity index (χ1n) is 6.59. The van der Waals surface area contributed by atoms with Crippen molar-refractivity contribution in [1.29, 1.82) is 0 Å². The number of nitrogens with zero attached hydrogens (tertiary/aromatic N) is 1. The molecule has 1 atom stereocenters. The van der Waals surface area contributed by atoms with E-state index < -0.39 is 0 Å². The maximum Gasteiger partial charge on any atom is 0.223 e. The van der Waals surface area contributed by atoms with E-state index in [1.54, 1.807) is 0 Å². The SMILES string of the molecule is CC(C)C(C)(CN)NC(=O)C1CCN(C)CC1.Cl.Cl. The van der Waals surface area contributed by atoms with Crippen LogP contribution in [0.2, 0.25) is 0 Å². The second kappa shape index (κ2) is 9.01. The fourth-order valence-electron chi connectivity index (χ4n) is 2.09. The molecule has 1 heterocycles. The molecule has 0 bridgehead atoms. The van der Waals surface area contributed by atoms with Gasteiger partial charge in [0.25, 0.3) is 0 Å². The summed E-state index contributed by atoms with van der Waals surface area (Å²) >= 11 is 0. The molecule has 0 aromatic rings. The normalized spacial score (nSPS) is 20.1. The molecule has 1 aliphatic rings. The molecule has 0 saturated carbocycles. The lowest BCUT2D eigenvalue weighted by atomic mass is 9.86. The highest BCUT2D eigenvalue weighted by Gasteiger charge is 2.32. The van der Waals surface area contributed by atoms with Crippen LogP contribution in [0, 0.1) is 11.8 Å². The van der Waals surface area contributed by atoms with E-state index >= 15 is 0 Å². The Morgan fingerprint density at radius 1 is 1.37 bits per heavy atom. The molecule has 1 saturated heterocycles. The summed E-state index contributed by atoms with van der Waals surface area (Å²) < 4.78 is 0. The summed E-state index contributed by atoms with van der Waals surface area (Å²) in [7, 11) is 2.10. The van der Waals surface area contributed by atoms with Gasteiger partial charge in [0.1, 0.15) is 0 Å². The zero-order valence-electron chi connectivity index (χ0n) is 12.4. The molecule has 3 N–H and O–H groups in total. The number of nitrogens with one attached hydrogen (secondary N) is 1. The monoisotopic (exact) mass is 313 g/mol. The molecule has 0 radical (unpaired) electrons. The number of amides is 1. The van der Waals surface area contributed by atoms with Crippen molar-refractivity contribution in [3.63, 3.8) is 0 Å². The smallest absolute Gasteiger partial charge is 0.223 e. The average Bonchev–Trinajstić information content (AvgIpc) is 2.29. The molecular weight excluding hydrogens is 285 g/mol. The van der Waals surface area contributed by atoms with Gasteiger partial charge in [-0.15, -0.1) is 24.8 Å². The molecule has 0 spiro atoms. The van der Waals surface area contributed by atoms with Crippen molar-refractivity contribution in [3.8, 4) is 0 Å². The fourth-order valence-corrected chi connectivity index (χ4v) is 2.09. The summed E-state index contributed by atoms with van der Waals surface area (Å²) in [5.41, 5.74) is 5.51. The molecule has 0 aliphatic carbocycles. The predicted molar refractivity (Wildman–Crippen MR) is 85.2 cm³/mol. The summed E-state index contributed by atoms with van der Waals surface area (Å²) in [5.74, 6) is 0.693. The highest BCUT2D eigenvalue weighted by molar-refractivity contribution is 5.85. The minimum atomic E-state index is -0.277. The number of carbonyl (C=O) groups is 1. The van der Waals surface area contributed by atoms with Gasteiger partial charge < -0.3 is 16.0 Å². The summed E-state index contributed by atoms with van der Waals surface area (Å²) in [4.78, 5) is 14.5. The number of rotatable bonds is 4. The topological polar surface area (TPSA) is 58.4 Å². The van der Waals surface area contributed by atoms with Crippen molar-refractivity contribution in [2.75, 3.05) is 26.7 Å². The number of halogens is 2. The van der Waals surface area contributed by atoms with Crippen molar-refractivity contribution in [2.45, 2.75) is 39.2 Å². The average molecular weight is 314 g/mol. The second-order valence-corrected chi connectivity index (χ2v) is 5.84. The number of nitrogens with two attached hydrogens (primary N) is 1. The van der Waals surface area contributed by atoms with E-state index in [9.17, 15) is 4.79 Å². The number of hydrogen-bond acceptors (Lipinski definition) is 3. The first kappa shape index (κ1) is 21.3. The van der Waals surface area contributed by atoms with Crippen LogP contribution in [0.5, 0.6) is 0 Å². The van der Waals surface area contributed by atoms with Gasteiger partial charge in [-0.05, 0) is 45.8 Å². The molecule has 19 heavy (non-hydrogen) atoms. The van der Waals surface area contributed by atoms with Crippen LogP contribution in [0.3, 0.4) is 0 Å². The van der Waals surface area contributed by atoms with E-state index in [1.807, 2.05) is 6.92 Å². The van der Waals surface area contributed by atoms with Crippen LogP contribution < -0.4 is 11.1 Å². The van der Waals surface area contributed by atoms with Gasteiger partial charge in [-0.1, -0.05) is 13.8 Å². The van der Waals surface area contributed by atoms with Crippen LogP contribution in [0.25, 0.3) is 0 Å². The summed E-state index contributed by atoms with van der Waals surface area (Å²) in [6.07, 6.45) is 1.92. The van der Waals surface area contributed by atoms with E-state index in [2.05, 4.69) is 31.1 Å². The van der Waals surface area contributed by atoms with Crippen molar-refractivity contribution in [2.24, 2.45) is 17.6 Å². The number of piperidine rings is 1. The quantitative estimate of drug-likeness (QED) is 0.830. The number of carbonyl (C=O) groups excluding carboxylic acids is 1. The van der Waals surface area contributed by atoms with E-state index in [1.165, 1.54) is 0 Å². The Morgan fingerprint density at radius 2 is 1.84 bits per heavy atom. The van der Waals surface area contributed by atoms with Crippen LogP contribution in [0.4, 0.5) is 0 Å². The molecule has 1 aliphatic heterocycles. The minimum Gasteiger partial charge on any atom is -0.349 e. The largest absolute Gasteiger partial charge is 0.349 e. The van der Waals surface area contributed by atoms with E-state index in [-0.39, 0.29) is 42.2 Å². The van der Waals surface area contributed by atoms with Crippen molar-refractivity contribution < 1.29 is 4.79 Å². The Balaban J connectivity index is 0. The van der Waals surface area contributed by atoms with Crippen molar-refractivity contribution >= 4 is 30.7 Å². The lowest BCUT2D eigenvalue weighted by molar-refractivity contribution is -0.128. The maximum atomic E-state index is 12.2. The third kappa shape index (κ3) is 5.86. The standard InChI is InChI=1S/C13H27N3O.2ClH/c1-10(2)13(3,9-14)15-12(17)11-5-7-16(4)8-6-11;;/h10-11H,5-9,14H2,1-4H3,(H,15,17);2*1H. The fraction of sp³-hybridized carbons (Fsp3) is 0.923. The molecule has 6 heteroatoms. The lowest BCUT2D eigenvalue weighted by Crippen LogP contribution is -2.57. The minimum absolute atomic E-state index is 0. The van der Waals surface area contributed by atoms with Gasteiger partial charge in [0.05, 0.1) is 5.54 Å². The highest BCUT2D eigenvalue weighted by Crippen LogP contribution is 2.20. The molecule has 1 unspecified atom stereocenters. The van der Waals surface area contributed by atoms with Gasteiger partial charge in [0.15, 0.2) is 0 Å². The van der Waals surface area contributed by atoms with Crippen LogP contribution in [0.1, 0.15) is 33.6 Å². The molecular formula is C13H29Cl2N3O. The summed E-state index contributed by atoms with van der Waals surface area (Å²) in [5, 5.41) is 3.14. The summed E-state index contributed by atoms with van der Waals surface area (Å²) in [6, 6.07) is 0. The molecule has 1 fully saturated rings. The highest BCUT2D eigenvalue weighted by atomic mass is 35.5. The van der Waals surface area contributed by atoms with E-state index in [4.69, 9.17) is 5.73 Å². The Bertz CT molecular complexity index is 269. The molecule has 1 rings (SSSR count). The summed E-state index contributed by atoms with van der Waals surface area (Å²) in [6.45, 7) is 8.75. The zero-order chi connectivity index (χ0) is 13.1. The van der Waals surface area contributed by atoms with Crippen molar-refractivity contribution in [1.82, 2.24) is 10.2 Å². The third-order valence-corrected chi connectivity index (χ3v) is 4.20. The molecule has 0 aromatic heterocycles. The van der Waals surface area contributed by atoms with E-state index in [0.717, 1.165) is 25.9 Å². The Morgan fingerprint density at radius 3 is 2.21 bits per heavy atom. The molecule has 4 nitrogen and oxygen atoms in total. The second-order valence-electron chi connectivity index (χ2n) is 5.84. The van der Waals surface area contributed by atoms with Crippen LogP contribution in [0.15, 0.2) is 0 Å². The maximum absolute atomic E-state index is 12.2. The first-order chi connectivity index (χ1) is 7.89. The predicted octanol–water partition coefficient (Wildman–Crippen LogP) is 1.66. The third-order valence-electron chi connectivity index (χ3n) is 4.20. The number of likely N-dealkylation sites (tertiary alicyclic amines) is 1. The van der Waals surface area contributed by atoms with Gasteiger partial charge in [0, 0.05) is 12.5 Å².